The van der Waals surface area contributed by atoms with Gasteiger partial charge in [-0.05, 0) is 49.2 Å². The number of carbonyl (C=O) groups is 1. The summed E-state index contributed by atoms with van der Waals surface area (Å²) in [6.45, 7) is 1.57. The summed E-state index contributed by atoms with van der Waals surface area (Å²) < 4.78 is 0. The number of nitrogens with zero attached hydrogens (tertiary/aromatic N) is 2. The van der Waals surface area contributed by atoms with Gasteiger partial charge in [0.15, 0.2) is 0 Å². The number of carboxylic acid groups (broad SMARTS) is 1. The molecule has 0 bridgehead atoms. The molecule has 0 saturated carbocycles. The Morgan fingerprint density at radius 2 is 1.69 bits per heavy atom. The highest BCUT2D eigenvalue weighted by molar-refractivity contribution is 5.82. The quantitative estimate of drug-likeness (QED) is 0.772. The number of hydrogen-bond donors (Lipinski definition) is 1. The van der Waals surface area contributed by atoms with Crippen molar-refractivity contribution in [1.29, 1.82) is 0 Å². The van der Waals surface area contributed by atoms with Crippen molar-refractivity contribution in [2.45, 2.75) is 18.9 Å². The van der Waals surface area contributed by atoms with Crippen LogP contribution in [-0.2, 0) is 4.79 Å². The molecule has 0 radical (unpaired) electrons. The van der Waals surface area contributed by atoms with Gasteiger partial charge in [0, 0.05) is 11.6 Å². The third-order valence-corrected chi connectivity index (χ3v) is 5.34. The second kappa shape index (κ2) is 7.26. The first-order chi connectivity index (χ1) is 12.7. The molecule has 132 valence electrons. The Balaban J connectivity index is 1.76. The van der Waals surface area contributed by atoms with E-state index in [0.29, 0.717) is 12.8 Å². The fourth-order valence-electron chi connectivity index (χ4n) is 3.98. The van der Waals surface area contributed by atoms with Gasteiger partial charge in [0.1, 0.15) is 0 Å². The first kappa shape index (κ1) is 16.7. The molecular formula is C22H22N2O2. The summed E-state index contributed by atoms with van der Waals surface area (Å²) in [6, 6.07) is 20.9. The van der Waals surface area contributed by atoms with Crippen molar-refractivity contribution in [1.82, 2.24) is 9.88 Å². The standard InChI is InChI=1S/C22H22N2O2/c25-22(26)17-11-14-24(15-12-17)21(16-6-2-1-3-7-16)19-10-13-23-20-9-5-4-8-18(19)20/h1-10,13,17,21H,11-12,14-15H2,(H,25,26). The third kappa shape index (κ3) is 3.20. The van der Waals surface area contributed by atoms with Crippen LogP contribution in [0.5, 0.6) is 0 Å². The van der Waals surface area contributed by atoms with E-state index in [0.717, 1.165) is 24.0 Å². The lowest BCUT2D eigenvalue weighted by Gasteiger charge is -2.37. The lowest BCUT2D eigenvalue weighted by Crippen LogP contribution is -2.39. The summed E-state index contributed by atoms with van der Waals surface area (Å²) in [4.78, 5) is 18.2. The molecule has 1 N–H and O–H groups in total. The second-order valence-corrected chi connectivity index (χ2v) is 6.88. The maximum atomic E-state index is 11.3. The zero-order valence-corrected chi connectivity index (χ0v) is 14.6. The Morgan fingerprint density at radius 3 is 2.42 bits per heavy atom. The summed E-state index contributed by atoms with van der Waals surface area (Å²) >= 11 is 0. The third-order valence-electron chi connectivity index (χ3n) is 5.34. The average Bonchev–Trinajstić information content (AvgIpc) is 2.70. The molecule has 1 saturated heterocycles. The fraction of sp³-hybridized carbons (Fsp3) is 0.273. The number of pyridine rings is 1. The topological polar surface area (TPSA) is 53.4 Å². The van der Waals surface area contributed by atoms with E-state index >= 15 is 0 Å². The predicted octanol–water partition coefficient (Wildman–Crippen LogP) is 4.12. The van der Waals surface area contributed by atoms with Crippen LogP contribution >= 0.6 is 0 Å². The van der Waals surface area contributed by atoms with Gasteiger partial charge in [-0.2, -0.15) is 0 Å². The molecule has 1 aliphatic heterocycles. The highest BCUT2D eigenvalue weighted by atomic mass is 16.4. The molecule has 1 aromatic heterocycles. The Morgan fingerprint density at radius 1 is 1.00 bits per heavy atom. The van der Waals surface area contributed by atoms with Crippen LogP contribution in [-0.4, -0.2) is 34.0 Å². The Hall–Kier alpha value is -2.72. The van der Waals surface area contributed by atoms with Gasteiger partial charge >= 0.3 is 5.97 Å². The van der Waals surface area contributed by atoms with Crippen molar-refractivity contribution in [3.8, 4) is 0 Å². The molecule has 1 aliphatic rings. The zero-order chi connectivity index (χ0) is 17.9. The molecule has 2 aromatic carbocycles. The molecule has 4 nitrogen and oxygen atoms in total. The van der Waals surface area contributed by atoms with Crippen LogP contribution in [0.2, 0.25) is 0 Å². The van der Waals surface area contributed by atoms with Crippen LogP contribution in [0.25, 0.3) is 10.9 Å². The number of likely N-dealkylation sites (tertiary alicyclic amines) is 1. The Labute approximate surface area is 153 Å². The summed E-state index contributed by atoms with van der Waals surface area (Å²) in [7, 11) is 0. The van der Waals surface area contributed by atoms with Crippen LogP contribution in [0.4, 0.5) is 0 Å². The number of carboxylic acids is 1. The number of rotatable bonds is 4. The fourth-order valence-corrected chi connectivity index (χ4v) is 3.98. The number of benzene rings is 2. The maximum Gasteiger partial charge on any atom is 0.306 e. The van der Waals surface area contributed by atoms with Crippen molar-refractivity contribution in [2.24, 2.45) is 5.92 Å². The number of aliphatic carboxylic acids is 1. The largest absolute Gasteiger partial charge is 0.481 e. The number of para-hydroxylation sites is 1. The molecule has 0 aliphatic carbocycles. The monoisotopic (exact) mass is 346 g/mol. The van der Waals surface area contributed by atoms with Crippen molar-refractivity contribution in [2.75, 3.05) is 13.1 Å². The number of piperidine rings is 1. The maximum absolute atomic E-state index is 11.3. The minimum absolute atomic E-state index is 0.110. The molecule has 0 spiro atoms. The van der Waals surface area contributed by atoms with Gasteiger partial charge in [-0.25, -0.2) is 0 Å². The van der Waals surface area contributed by atoms with Gasteiger partial charge in [-0.1, -0.05) is 48.5 Å². The Bertz CT molecular complexity index is 897. The molecule has 1 unspecified atom stereocenters. The van der Waals surface area contributed by atoms with Crippen molar-refractivity contribution in [3.63, 3.8) is 0 Å². The predicted molar refractivity (Wildman–Crippen MR) is 102 cm³/mol. The highest BCUT2D eigenvalue weighted by Gasteiger charge is 2.30. The molecule has 3 aromatic rings. The van der Waals surface area contributed by atoms with Gasteiger partial charge < -0.3 is 5.11 Å². The number of aromatic nitrogens is 1. The summed E-state index contributed by atoms with van der Waals surface area (Å²) in [5.41, 5.74) is 3.46. The van der Waals surface area contributed by atoms with Crippen molar-refractivity contribution >= 4 is 16.9 Å². The van der Waals surface area contributed by atoms with E-state index in [1.54, 1.807) is 0 Å². The van der Waals surface area contributed by atoms with Crippen LogP contribution in [0, 0.1) is 5.92 Å². The zero-order valence-electron chi connectivity index (χ0n) is 14.6. The van der Waals surface area contributed by atoms with Gasteiger partial charge in [-0.15, -0.1) is 0 Å². The van der Waals surface area contributed by atoms with Crippen LogP contribution in [0.1, 0.15) is 30.0 Å². The molecule has 1 atom stereocenters. The highest BCUT2D eigenvalue weighted by Crippen LogP contribution is 2.35. The lowest BCUT2D eigenvalue weighted by molar-refractivity contribution is -0.143. The molecule has 2 heterocycles. The van der Waals surface area contributed by atoms with Gasteiger partial charge in [-0.3, -0.25) is 14.7 Å². The minimum atomic E-state index is -0.671. The van der Waals surface area contributed by atoms with E-state index in [4.69, 9.17) is 0 Å². The first-order valence-corrected chi connectivity index (χ1v) is 9.09. The van der Waals surface area contributed by atoms with E-state index in [2.05, 4.69) is 46.3 Å². The second-order valence-electron chi connectivity index (χ2n) is 6.88. The van der Waals surface area contributed by atoms with E-state index < -0.39 is 5.97 Å². The lowest BCUT2D eigenvalue weighted by atomic mass is 9.90. The van der Waals surface area contributed by atoms with Crippen LogP contribution < -0.4 is 0 Å². The van der Waals surface area contributed by atoms with E-state index in [1.807, 2.05) is 30.5 Å². The van der Waals surface area contributed by atoms with Crippen LogP contribution in [0.3, 0.4) is 0 Å². The normalized spacial score (nSPS) is 17.2. The molecule has 26 heavy (non-hydrogen) atoms. The van der Waals surface area contributed by atoms with Gasteiger partial charge in [0.05, 0.1) is 17.5 Å². The molecule has 4 rings (SSSR count). The number of hydrogen-bond acceptors (Lipinski definition) is 3. The van der Waals surface area contributed by atoms with E-state index in [9.17, 15) is 9.90 Å². The average molecular weight is 346 g/mol. The van der Waals surface area contributed by atoms with Crippen LogP contribution in [0.15, 0.2) is 66.9 Å². The summed E-state index contributed by atoms with van der Waals surface area (Å²) in [5.74, 6) is -0.896. The smallest absolute Gasteiger partial charge is 0.306 e. The van der Waals surface area contributed by atoms with Gasteiger partial charge in [0.2, 0.25) is 0 Å². The first-order valence-electron chi connectivity index (χ1n) is 9.09. The van der Waals surface area contributed by atoms with Gasteiger partial charge in [0.25, 0.3) is 0 Å². The minimum Gasteiger partial charge on any atom is -0.481 e. The molecule has 0 amide bonds. The summed E-state index contributed by atoms with van der Waals surface area (Å²) in [6.07, 6.45) is 3.26. The molecule has 4 heteroatoms. The SMILES string of the molecule is O=C(O)C1CCN(C(c2ccccc2)c2ccnc3ccccc23)CC1. The van der Waals surface area contributed by atoms with Crippen molar-refractivity contribution < 1.29 is 9.90 Å². The number of fused-ring (bicyclic) bond motifs is 1. The summed E-state index contributed by atoms with van der Waals surface area (Å²) in [5, 5.41) is 10.5. The molecular weight excluding hydrogens is 324 g/mol. The van der Waals surface area contributed by atoms with E-state index in [-0.39, 0.29) is 12.0 Å². The van der Waals surface area contributed by atoms with Crippen molar-refractivity contribution in [3.05, 3.63) is 78.0 Å². The Kier molecular flexibility index (Phi) is 4.67. The molecule has 1 fully saturated rings. The van der Waals surface area contributed by atoms with E-state index in [1.165, 1.54) is 11.1 Å².